The minimum Gasteiger partial charge on any atom is -0.490 e. The Morgan fingerprint density at radius 2 is 2.00 bits per heavy atom. The highest BCUT2D eigenvalue weighted by Crippen LogP contribution is 2.31. The van der Waals surface area contributed by atoms with Gasteiger partial charge in [-0.3, -0.25) is 10.1 Å². The molecule has 3 fully saturated rings. The molecule has 0 bridgehead atoms. The van der Waals surface area contributed by atoms with Crippen molar-refractivity contribution < 1.29 is 27.1 Å². The summed E-state index contributed by atoms with van der Waals surface area (Å²) < 4.78 is 47.4. The number of piperidine rings is 1. The zero-order valence-corrected chi connectivity index (χ0v) is 18.8. The van der Waals surface area contributed by atoms with Crippen LogP contribution in [0.4, 0.5) is 9.18 Å². The van der Waals surface area contributed by atoms with Crippen molar-refractivity contribution in [2.45, 2.75) is 44.2 Å². The number of urea groups is 1. The van der Waals surface area contributed by atoms with Gasteiger partial charge in [-0.25, -0.2) is 22.3 Å². The number of ether oxygens (including phenoxy) is 1. The van der Waals surface area contributed by atoms with Gasteiger partial charge in [0.25, 0.3) is 5.91 Å². The number of carbonyl (C=O) groups excluding carboxylic acids is 2. The van der Waals surface area contributed by atoms with Crippen LogP contribution < -0.4 is 20.1 Å². The summed E-state index contributed by atoms with van der Waals surface area (Å²) in [6.45, 7) is 3.52. The fraction of sp³-hybridized carbons (Fsp3) is 0.619. The van der Waals surface area contributed by atoms with E-state index >= 15 is 0 Å². The second kappa shape index (κ2) is 8.95. The molecule has 176 valence electrons. The molecular weight excluding hydrogens is 439 g/mol. The van der Waals surface area contributed by atoms with Crippen LogP contribution in [0.15, 0.2) is 18.2 Å². The molecule has 4 rings (SSSR count). The summed E-state index contributed by atoms with van der Waals surface area (Å²) in [7, 11) is -3.59. The third-order valence-corrected chi connectivity index (χ3v) is 7.82. The molecule has 3 N–H and O–H groups in total. The number of sulfonamides is 1. The van der Waals surface area contributed by atoms with Gasteiger partial charge in [0.05, 0.1) is 12.4 Å². The monoisotopic (exact) mass is 468 g/mol. The van der Waals surface area contributed by atoms with Gasteiger partial charge in [0.1, 0.15) is 5.54 Å². The Balaban J connectivity index is 1.27. The fourth-order valence-electron chi connectivity index (χ4n) is 4.08. The first-order valence-electron chi connectivity index (χ1n) is 10.9. The molecule has 1 aliphatic carbocycles. The van der Waals surface area contributed by atoms with Crippen LogP contribution in [0.2, 0.25) is 0 Å². The molecular formula is C21H29FN4O5S. The van der Waals surface area contributed by atoms with Crippen LogP contribution in [-0.4, -0.2) is 62.8 Å². The Morgan fingerprint density at radius 1 is 1.28 bits per heavy atom. The van der Waals surface area contributed by atoms with E-state index in [0.29, 0.717) is 50.6 Å². The third-order valence-electron chi connectivity index (χ3n) is 6.38. The second-order valence-corrected chi connectivity index (χ2v) is 10.8. The van der Waals surface area contributed by atoms with Gasteiger partial charge in [-0.1, -0.05) is 6.07 Å². The lowest BCUT2D eigenvalue weighted by Crippen LogP contribution is -2.55. The lowest BCUT2D eigenvalue weighted by molar-refractivity contribution is -0.125. The quantitative estimate of drug-likeness (QED) is 0.470. The van der Waals surface area contributed by atoms with Crippen LogP contribution in [0.5, 0.6) is 5.75 Å². The molecule has 3 amide bonds. The summed E-state index contributed by atoms with van der Waals surface area (Å²) in [5, 5.41) is 4.95. The van der Waals surface area contributed by atoms with Gasteiger partial charge < -0.3 is 15.0 Å². The number of rotatable bonds is 9. The number of hydrogen-bond donors (Lipinski definition) is 3. The van der Waals surface area contributed by atoms with E-state index in [4.69, 9.17) is 4.74 Å². The van der Waals surface area contributed by atoms with Crippen molar-refractivity contribution in [1.29, 1.82) is 0 Å². The topological polar surface area (TPSA) is 117 Å². The van der Waals surface area contributed by atoms with Gasteiger partial charge >= 0.3 is 6.03 Å². The molecule has 1 spiro atoms. The Morgan fingerprint density at radius 3 is 2.62 bits per heavy atom. The van der Waals surface area contributed by atoms with Gasteiger partial charge in [0.15, 0.2) is 11.6 Å². The van der Waals surface area contributed by atoms with Crippen molar-refractivity contribution in [2.75, 3.05) is 32.0 Å². The van der Waals surface area contributed by atoms with Crippen LogP contribution in [-0.2, 0) is 14.8 Å². The predicted molar refractivity (Wildman–Crippen MR) is 115 cm³/mol. The van der Waals surface area contributed by atoms with Gasteiger partial charge in [-0.05, 0) is 56.2 Å². The molecule has 2 saturated heterocycles. The number of nitrogens with zero attached hydrogens (tertiary/aromatic N) is 1. The second-order valence-electron chi connectivity index (χ2n) is 8.93. The summed E-state index contributed by atoms with van der Waals surface area (Å²) in [5.74, 6) is -0.247. The highest BCUT2D eigenvalue weighted by Gasteiger charge is 2.47. The normalized spacial score (nSPS) is 21.9. The standard InChI is InChI=1S/C21H29FN4O5S/c1-14(16-4-5-17(22)18(12-16)31-13-15-2-3-15)25-32(29,30)11-10-26-8-6-21(7-9-26)19(27)23-20(28)24-21/h4-5,12,14-15,25H,2-3,6-11,13H2,1H3,(H2,23,24,27,28)/t14-/m1/s1. The van der Waals surface area contributed by atoms with Crippen molar-refractivity contribution in [3.63, 3.8) is 0 Å². The van der Waals surface area contributed by atoms with Gasteiger partial charge in [0, 0.05) is 25.7 Å². The predicted octanol–water partition coefficient (Wildman–Crippen LogP) is 1.27. The fourth-order valence-corrected chi connectivity index (χ4v) is 5.37. The molecule has 32 heavy (non-hydrogen) atoms. The molecule has 11 heteroatoms. The zero-order chi connectivity index (χ0) is 22.9. The van der Waals surface area contributed by atoms with Crippen LogP contribution in [0.3, 0.4) is 0 Å². The number of benzene rings is 1. The number of nitrogens with one attached hydrogen (secondary N) is 3. The van der Waals surface area contributed by atoms with E-state index in [1.54, 1.807) is 19.1 Å². The van der Waals surface area contributed by atoms with Gasteiger partial charge in [-0.2, -0.15) is 0 Å². The Labute approximate surface area is 187 Å². The first-order valence-corrected chi connectivity index (χ1v) is 12.6. The number of likely N-dealkylation sites (tertiary alicyclic amines) is 1. The largest absolute Gasteiger partial charge is 0.490 e. The first-order chi connectivity index (χ1) is 15.2. The Hall–Kier alpha value is -2.24. The molecule has 3 aliphatic rings. The molecule has 0 aromatic heterocycles. The average molecular weight is 469 g/mol. The number of carbonyl (C=O) groups is 2. The minimum atomic E-state index is -3.59. The maximum Gasteiger partial charge on any atom is 0.322 e. The van der Waals surface area contributed by atoms with Crippen LogP contribution in [0, 0.1) is 11.7 Å². The van der Waals surface area contributed by atoms with Crippen LogP contribution in [0.25, 0.3) is 0 Å². The molecule has 1 atom stereocenters. The van der Waals surface area contributed by atoms with Crippen molar-refractivity contribution in [2.24, 2.45) is 5.92 Å². The SMILES string of the molecule is C[C@@H](NS(=O)(=O)CCN1CCC2(CC1)NC(=O)NC2=O)c1ccc(F)c(OCC2CC2)c1. The third kappa shape index (κ3) is 5.38. The molecule has 1 aromatic carbocycles. The number of amides is 3. The summed E-state index contributed by atoms with van der Waals surface area (Å²) in [4.78, 5) is 25.4. The molecule has 0 unspecified atom stereocenters. The van der Waals surface area contributed by atoms with E-state index < -0.39 is 33.5 Å². The van der Waals surface area contributed by atoms with Gasteiger partial charge in [-0.15, -0.1) is 0 Å². The highest BCUT2D eigenvalue weighted by atomic mass is 32.2. The van der Waals surface area contributed by atoms with Crippen molar-refractivity contribution in [3.8, 4) is 5.75 Å². The summed E-state index contributed by atoms with van der Waals surface area (Å²) in [5.41, 5.74) is -0.246. The average Bonchev–Trinajstić information content (AvgIpc) is 3.52. The molecule has 2 aliphatic heterocycles. The lowest BCUT2D eigenvalue weighted by atomic mass is 9.88. The maximum absolute atomic E-state index is 14.0. The molecule has 9 nitrogen and oxygen atoms in total. The number of halogens is 1. The summed E-state index contributed by atoms with van der Waals surface area (Å²) in [6, 6.07) is 3.38. The smallest absolute Gasteiger partial charge is 0.322 e. The van der Waals surface area contributed by atoms with Crippen molar-refractivity contribution >= 4 is 22.0 Å². The lowest BCUT2D eigenvalue weighted by Gasteiger charge is -2.36. The Kier molecular flexibility index (Phi) is 6.42. The summed E-state index contributed by atoms with van der Waals surface area (Å²) >= 11 is 0. The number of imide groups is 1. The summed E-state index contributed by atoms with van der Waals surface area (Å²) in [6.07, 6.45) is 3.07. The van der Waals surface area contributed by atoms with Crippen LogP contribution in [0.1, 0.15) is 44.2 Å². The van der Waals surface area contributed by atoms with E-state index in [9.17, 15) is 22.4 Å². The maximum atomic E-state index is 14.0. The zero-order valence-electron chi connectivity index (χ0n) is 18.0. The van der Waals surface area contributed by atoms with E-state index in [2.05, 4.69) is 15.4 Å². The van der Waals surface area contributed by atoms with E-state index in [1.165, 1.54) is 6.07 Å². The van der Waals surface area contributed by atoms with Crippen LogP contribution >= 0.6 is 0 Å². The first kappa shape index (κ1) is 22.9. The number of hydrogen-bond acceptors (Lipinski definition) is 6. The molecule has 1 aromatic rings. The van der Waals surface area contributed by atoms with E-state index in [1.807, 2.05) is 4.90 Å². The van der Waals surface area contributed by atoms with E-state index in [-0.39, 0.29) is 17.4 Å². The highest BCUT2D eigenvalue weighted by molar-refractivity contribution is 7.89. The minimum absolute atomic E-state index is 0.102. The molecule has 1 saturated carbocycles. The van der Waals surface area contributed by atoms with Crippen molar-refractivity contribution in [1.82, 2.24) is 20.3 Å². The van der Waals surface area contributed by atoms with Gasteiger partial charge in [0.2, 0.25) is 10.0 Å². The van der Waals surface area contributed by atoms with Crippen molar-refractivity contribution in [3.05, 3.63) is 29.6 Å². The molecule has 2 heterocycles. The Bertz CT molecular complexity index is 990. The van der Waals surface area contributed by atoms with E-state index in [0.717, 1.165) is 12.8 Å². The molecule has 0 radical (unpaired) electrons.